The van der Waals surface area contributed by atoms with E-state index in [9.17, 15) is 18.0 Å². The van der Waals surface area contributed by atoms with Crippen molar-refractivity contribution in [1.82, 2.24) is 0 Å². The molecule has 2 N–H and O–H groups in total. The number of halogens is 1. The van der Waals surface area contributed by atoms with Gasteiger partial charge in [-0.05, 0) is 42.5 Å². The fourth-order valence-corrected chi connectivity index (χ4v) is 3.40. The Kier molecular flexibility index (Phi) is 4.20. The lowest BCUT2D eigenvalue weighted by atomic mass is 10.1. The Bertz CT molecular complexity index is 855. The predicted molar refractivity (Wildman–Crippen MR) is 77.3 cm³/mol. The number of sulfone groups is 1. The van der Waals surface area contributed by atoms with Crippen LogP contribution in [0, 0.1) is 0 Å². The van der Waals surface area contributed by atoms with Crippen molar-refractivity contribution in [3.05, 3.63) is 58.6 Å². The first-order valence-corrected chi connectivity index (χ1v) is 7.71. The summed E-state index contributed by atoms with van der Waals surface area (Å²) in [6.07, 6.45) is 0. The van der Waals surface area contributed by atoms with Crippen LogP contribution >= 0.6 is 11.6 Å². The quantitative estimate of drug-likeness (QED) is 0.885. The summed E-state index contributed by atoms with van der Waals surface area (Å²) in [5.74, 6) is -2.83. The van der Waals surface area contributed by atoms with Crippen LogP contribution in [0.3, 0.4) is 0 Å². The number of rotatable bonds is 4. The van der Waals surface area contributed by atoms with Crippen molar-refractivity contribution < 1.29 is 28.2 Å². The number of aromatic carboxylic acids is 2. The van der Waals surface area contributed by atoms with Crippen LogP contribution in [0.2, 0.25) is 5.02 Å². The van der Waals surface area contributed by atoms with Gasteiger partial charge in [-0.3, -0.25) is 0 Å². The topological polar surface area (TPSA) is 109 Å². The zero-order chi connectivity index (χ0) is 16.5. The zero-order valence-corrected chi connectivity index (χ0v) is 12.4. The van der Waals surface area contributed by atoms with E-state index >= 15 is 0 Å². The second kappa shape index (κ2) is 5.78. The summed E-state index contributed by atoms with van der Waals surface area (Å²) in [5.41, 5.74) is -0.822. The maximum absolute atomic E-state index is 12.5. The summed E-state index contributed by atoms with van der Waals surface area (Å²) in [6.45, 7) is 0. The minimum absolute atomic E-state index is 0.179. The number of benzene rings is 2. The van der Waals surface area contributed by atoms with Crippen LogP contribution in [-0.2, 0) is 9.84 Å². The Labute approximate surface area is 130 Å². The molecule has 2 aromatic carbocycles. The van der Waals surface area contributed by atoms with Crippen molar-refractivity contribution in [1.29, 1.82) is 0 Å². The first-order chi connectivity index (χ1) is 10.2. The van der Waals surface area contributed by atoms with Crippen molar-refractivity contribution in [2.24, 2.45) is 0 Å². The zero-order valence-electron chi connectivity index (χ0n) is 10.9. The number of carbonyl (C=O) groups is 2. The highest BCUT2D eigenvalue weighted by atomic mass is 35.5. The SMILES string of the molecule is O=C(O)c1ccc(C(=O)O)c(S(=O)(=O)c2ccc(Cl)cc2)c1. The molecular formula is C14H9ClO6S. The number of carboxylic acids is 2. The van der Waals surface area contributed by atoms with E-state index in [-0.39, 0.29) is 10.5 Å². The van der Waals surface area contributed by atoms with Crippen molar-refractivity contribution in [3.8, 4) is 0 Å². The third-order valence-electron chi connectivity index (χ3n) is 2.87. The summed E-state index contributed by atoms with van der Waals surface area (Å²) in [7, 11) is -4.19. The Balaban J connectivity index is 2.72. The summed E-state index contributed by atoms with van der Waals surface area (Å²) in [4.78, 5) is 21.4. The monoisotopic (exact) mass is 340 g/mol. The standard InChI is InChI=1S/C14H9ClO6S/c15-9-2-4-10(5-3-9)22(20,21)12-7-8(13(16)17)1-6-11(12)14(18)19/h1-7H,(H,16,17)(H,18,19). The molecule has 0 aliphatic heterocycles. The van der Waals surface area contributed by atoms with Gasteiger partial charge < -0.3 is 10.2 Å². The van der Waals surface area contributed by atoms with Crippen LogP contribution in [0.15, 0.2) is 52.3 Å². The van der Waals surface area contributed by atoms with Crippen LogP contribution < -0.4 is 0 Å². The van der Waals surface area contributed by atoms with E-state index in [1.807, 2.05) is 0 Å². The molecule has 0 spiro atoms. The highest BCUT2D eigenvalue weighted by molar-refractivity contribution is 7.91. The fraction of sp³-hybridized carbons (Fsp3) is 0. The Morgan fingerprint density at radius 1 is 0.909 bits per heavy atom. The molecule has 2 aromatic rings. The molecule has 22 heavy (non-hydrogen) atoms. The minimum Gasteiger partial charge on any atom is -0.478 e. The molecule has 0 atom stereocenters. The Hall–Kier alpha value is -2.38. The Morgan fingerprint density at radius 3 is 2.00 bits per heavy atom. The van der Waals surface area contributed by atoms with Gasteiger partial charge in [-0.15, -0.1) is 0 Å². The van der Waals surface area contributed by atoms with Gasteiger partial charge in [-0.1, -0.05) is 11.6 Å². The number of carboxylic acid groups (broad SMARTS) is 2. The number of hydrogen-bond donors (Lipinski definition) is 2. The van der Waals surface area contributed by atoms with E-state index in [1.54, 1.807) is 0 Å². The van der Waals surface area contributed by atoms with E-state index < -0.39 is 32.2 Å². The summed E-state index contributed by atoms with van der Waals surface area (Å²) in [6, 6.07) is 7.94. The molecule has 0 aliphatic carbocycles. The molecule has 0 unspecified atom stereocenters. The summed E-state index contributed by atoms with van der Waals surface area (Å²) in [5, 5.41) is 18.4. The highest BCUT2D eigenvalue weighted by Crippen LogP contribution is 2.26. The van der Waals surface area contributed by atoms with Gasteiger partial charge in [0.1, 0.15) is 0 Å². The van der Waals surface area contributed by atoms with Gasteiger partial charge in [-0.2, -0.15) is 0 Å². The average molecular weight is 341 g/mol. The van der Waals surface area contributed by atoms with Crippen molar-refractivity contribution in [3.63, 3.8) is 0 Å². The number of hydrogen-bond acceptors (Lipinski definition) is 4. The highest BCUT2D eigenvalue weighted by Gasteiger charge is 2.25. The summed E-state index contributed by atoms with van der Waals surface area (Å²) >= 11 is 5.69. The van der Waals surface area contributed by atoms with E-state index in [0.717, 1.165) is 18.2 Å². The molecule has 2 rings (SSSR count). The van der Waals surface area contributed by atoms with Gasteiger partial charge in [0.2, 0.25) is 9.84 Å². The predicted octanol–water partition coefficient (Wildman–Crippen LogP) is 2.57. The van der Waals surface area contributed by atoms with E-state index in [4.69, 9.17) is 21.8 Å². The molecule has 0 saturated carbocycles. The molecule has 0 aliphatic rings. The lowest BCUT2D eigenvalue weighted by Gasteiger charge is -2.09. The molecule has 0 saturated heterocycles. The second-order valence-corrected chi connectivity index (χ2v) is 6.63. The second-order valence-electron chi connectivity index (χ2n) is 4.28. The van der Waals surface area contributed by atoms with Gasteiger partial charge >= 0.3 is 11.9 Å². The van der Waals surface area contributed by atoms with E-state index in [2.05, 4.69) is 0 Å². The van der Waals surface area contributed by atoms with Crippen molar-refractivity contribution in [2.45, 2.75) is 9.79 Å². The molecule has 0 aromatic heterocycles. The first-order valence-electron chi connectivity index (χ1n) is 5.85. The van der Waals surface area contributed by atoms with E-state index in [1.165, 1.54) is 24.3 Å². The maximum Gasteiger partial charge on any atom is 0.337 e. The lowest BCUT2D eigenvalue weighted by Crippen LogP contribution is -2.11. The maximum atomic E-state index is 12.5. The molecular weight excluding hydrogens is 332 g/mol. The average Bonchev–Trinajstić information content (AvgIpc) is 2.46. The van der Waals surface area contributed by atoms with Gasteiger partial charge in [0.25, 0.3) is 0 Å². The molecule has 0 fully saturated rings. The minimum atomic E-state index is -4.19. The third kappa shape index (κ3) is 2.95. The van der Waals surface area contributed by atoms with Gasteiger partial charge in [0.05, 0.1) is 20.9 Å². The van der Waals surface area contributed by atoms with Crippen molar-refractivity contribution >= 4 is 33.4 Å². The van der Waals surface area contributed by atoms with E-state index in [0.29, 0.717) is 5.02 Å². The fourth-order valence-electron chi connectivity index (χ4n) is 1.80. The van der Waals surface area contributed by atoms with Gasteiger partial charge in [0.15, 0.2) is 0 Å². The summed E-state index contributed by atoms with van der Waals surface area (Å²) < 4.78 is 25.1. The van der Waals surface area contributed by atoms with Gasteiger partial charge in [-0.25, -0.2) is 18.0 Å². The van der Waals surface area contributed by atoms with Crippen LogP contribution in [-0.4, -0.2) is 30.6 Å². The third-order valence-corrected chi connectivity index (χ3v) is 4.93. The molecule has 114 valence electrons. The molecule has 6 nitrogen and oxygen atoms in total. The van der Waals surface area contributed by atoms with Crippen LogP contribution in [0.5, 0.6) is 0 Å². The Morgan fingerprint density at radius 2 is 1.50 bits per heavy atom. The normalized spacial score (nSPS) is 11.1. The molecule has 0 radical (unpaired) electrons. The first kappa shape index (κ1) is 16.0. The molecule has 8 heteroatoms. The lowest BCUT2D eigenvalue weighted by molar-refractivity contribution is 0.0678. The molecule has 0 amide bonds. The van der Waals surface area contributed by atoms with Crippen LogP contribution in [0.1, 0.15) is 20.7 Å². The van der Waals surface area contributed by atoms with Crippen molar-refractivity contribution in [2.75, 3.05) is 0 Å². The largest absolute Gasteiger partial charge is 0.478 e. The van der Waals surface area contributed by atoms with Gasteiger partial charge in [0, 0.05) is 5.02 Å². The van der Waals surface area contributed by atoms with Crippen LogP contribution in [0.4, 0.5) is 0 Å². The smallest absolute Gasteiger partial charge is 0.337 e. The van der Waals surface area contributed by atoms with Crippen LogP contribution in [0.25, 0.3) is 0 Å². The molecule has 0 bridgehead atoms. The molecule has 0 heterocycles.